The fourth-order valence-electron chi connectivity index (χ4n) is 3.16. The summed E-state index contributed by atoms with van der Waals surface area (Å²) in [5, 5.41) is 15.2. The molecule has 0 fully saturated rings. The molecule has 2 amide bonds. The number of para-hydroxylation sites is 1. The largest absolute Gasteiger partial charge is 0.353 e. The van der Waals surface area contributed by atoms with E-state index in [-0.39, 0.29) is 24.8 Å². The van der Waals surface area contributed by atoms with E-state index in [0.717, 1.165) is 16.5 Å². The third-order valence-corrected chi connectivity index (χ3v) is 4.62. The Morgan fingerprint density at radius 3 is 2.54 bits per heavy atom. The number of aromatic nitrogens is 1. The lowest BCUT2D eigenvalue weighted by atomic mass is 10.0. The molecule has 2 N–H and O–H groups in total. The van der Waals surface area contributed by atoms with Crippen molar-refractivity contribution in [2.45, 2.75) is 18.9 Å². The number of carbonyl (C=O) groups excluding carboxylic acids is 2. The van der Waals surface area contributed by atoms with E-state index in [1.807, 2.05) is 78.3 Å². The van der Waals surface area contributed by atoms with Gasteiger partial charge in [-0.05, 0) is 17.7 Å². The van der Waals surface area contributed by atoms with Crippen molar-refractivity contribution < 1.29 is 9.59 Å². The van der Waals surface area contributed by atoms with Gasteiger partial charge in [0.15, 0.2) is 0 Å². The minimum Gasteiger partial charge on any atom is -0.353 e. The minimum atomic E-state index is -0.730. The molecule has 0 aliphatic rings. The Morgan fingerprint density at radius 1 is 1.11 bits per heavy atom. The van der Waals surface area contributed by atoms with Crippen LogP contribution in [0, 0.1) is 11.3 Å². The Balaban J connectivity index is 1.80. The maximum atomic E-state index is 12.9. The predicted molar refractivity (Wildman–Crippen MR) is 108 cm³/mol. The van der Waals surface area contributed by atoms with Crippen LogP contribution in [0.4, 0.5) is 0 Å². The van der Waals surface area contributed by atoms with Crippen molar-refractivity contribution in [1.82, 2.24) is 15.2 Å². The van der Waals surface area contributed by atoms with Gasteiger partial charge in [-0.2, -0.15) is 5.26 Å². The Labute approximate surface area is 163 Å². The monoisotopic (exact) mass is 374 g/mol. The van der Waals surface area contributed by atoms with Crippen LogP contribution in [-0.2, 0) is 18.3 Å². The average molecular weight is 374 g/mol. The predicted octanol–water partition coefficient (Wildman–Crippen LogP) is 2.55. The standard InChI is InChI=1S/C22H22N4O2/c1-26-19-11-6-5-10-17(19)15-20(26)22(28)25-18(21(27)24-13-7-12-23)14-16-8-3-2-4-9-16/h2-6,8-11,15,18H,7,13-14H2,1H3,(H,24,27)(H,25,28). The van der Waals surface area contributed by atoms with Crippen molar-refractivity contribution in [1.29, 1.82) is 5.26 Å². The Morgan fingerprint density at radius 2 is 1.82 bits per heavy atom. The molecule has 0 bridgehead atoms. The second-order valence-electron chi connectivity index (χ2n) is 6.56. The molecule has 0 radical (unpaired) electrons. The van der Waals surface area contributed by atoms with Gasteiger partial charge >= 0.3 is 0 Å². The number of fused-ring (bicyclic) bond motifs is 1. The zero-order valence-electron chi connectivity index (χ0n) is 15.7. The van der Waals surface area contributed by atoms with Crippen molar-refractivity contribution in [2.75, 3.05) is 6.54 Å². The number of hydrogen-bond acceptors (Lipinski definition) is 3. The molecule has 1 atom stereocenters. The van der Waals surface area contributed by atoms with E-state index < -0.39 is 6.04 Å². The number of nitriles is 1. The van der Waals surface area contributed by atoms with Gasteiger partial charge in [-0.3, -0.25) is 9.59 Å². The smallest absolute Gasteiger partial charge is 0.268 e. The second-order valence-corrected chi connectivity index (χ2v) is 6.56. The molecule has 0 spiro atoms. The van der Waals surface area contributed by atoms with Gasteiger partial charge in [0.2, 0.25) is 5.91 Å². The van der Waals surface area contributed by atoms with E-state index >= 15 is 0 Å². The number of rotatable bonds is 7. The van der Waals surface area contributed by atoms with E-state index in [1.54, 1.807) is 0 Å². The van der Waals surface area contributed by atoms with E-state index in [0.29, 0.717) is 12.1 Å². The molecule has 142 valence electrons. The first-order valence-corrected chi connectivity index (χ1v) is 9.14. The second kappa shape index (κ2) is 8.87. The van der Waals surface area contributed by atoms with Crippen LogP contribution in [0.5, 0.6) is 0 Å². The summed E-state index contributed by atoms with van der Waals surface area (Å²) in [5.41, 5.74) is 2.38. The number of benzene rings is 2. The molecule has 3 aromatic rings. The van der Waals surface area contributed by atoms with Gasteiger partial charge in [0.25, 0.3) is 5.91 Å². The molecule has 1 aromatic heterocycles. The van der Waals surface area contributed by atoms with Crippen molar-refractivity contribution >= 4 is 22.7 Å². The SMILES string of the molecule is Cn1c(C(=O)NC(Cc2ccccc2)C(=O)NCCC#N)cc2ccccc21. The summed E-state index contributed by atoms with van der Waals surface area (Å²) in [6, 6.07) is 20.3. The first-order chi connectivity index (χ1) is 13.6. The molecule has 0 saturated heterocycles. The minimum absolute atomic E-state index is 0.223. The maximum absolute atomic E-state index is 12.9. The highest BCUT2D eigenvalue weighted by Gasteiger charge is 2.23. The van der Waals surface area contributed by atoms with Crippen LogP contribution in [0.1, 0.15) is 22.5 Å². The number of carbonyl (C=O) groups is 2. The van der Waals surface area contributed by atoms with Crippen LogP contribution in [0.2, 0.25) is 0 Å². The van der Waals surface area contributed by atoms with Crippen molar-refractivity contribution in [3.05, 3.63) is 71.9 Å². The third kappa shape index (κ3) is 4.38. The molecular weight excluding hydrogens is 352 g/mol. The maximum Gasteiger partial charge on any atom is 0.268 e. The molecule has 28 heavy (non-hydrogen) atoms. The molecule has 1 heterocycles. The fourth-order valence-corrected chi connectivity index (χ4v) is 3.16. The van der Waals surface area contributed by atoms with E-state index in [2.05, 4.69) is 10.6 Å². The molecule has 0 saturated carbocycles. The molecule has 3 rings (SSSR count). The fraction of sp³-hybridized carbons (Fsp3) is 0.227. The van der Waals surface area contributed by atoms with Crippen LogP contribution in [0.3, 0.4) is 0 Å². The van der Waals surface area contributed by atoms with Crippen molar-refractivity contribution in [2.24, 2.45) is 7.05 Å². The lowest BCUT2D eigenvalue weighted by Crippen LogP contribution is -2.48. The molecule has 0 aliphatic heterocycles. The Hall–Kier alpha value is -3.59. The number of nitrogens with zero attached hydrogens (tertiary/aromatic N) is 2. The topological polar surface area (TPSA) is 86.9 Å². The number of aryl methyl sites for hydroxylation is 1. The van der Waals surface area contributed by atoms with Gasteiger partial charge in [0, 0.05) is 30.9 Å². The lowest BCUT2D eigenvalue weighted by Gasteiger charge is -2.18. The normalized spacial score (nSPS) is 11.6. The summed E-state index contributed by atoms with van der Waals surface area (Å²) >= 11 is 0. The van der Waals surface area contributed by atoms with Crippen LogP contribution in [0.25, 0.3) is 10.9 Å². The Kier molecular flexibility index (Phi) is 6.07. The number of hydrogen-bond donors (Lipinski definition) is 2. The highest BCUT2D eigenvalue weighted by molar-refractivity contribution is 6.00. The molecule has 0 aliphatic carbocycles. The quantitative estimate of drug-likeness (QED) is 0.623. The zero-order chi connectivity index (χ0) is 19.9. The van der Waals surface area contributed by atoms with Crippen LogP contribution >= 0.6 is 0 Å². The highest BCUT2D eigenvalue weighted by atomic mass is 16.2. The number of nitrogens with one attached hydrogen (secondary N) is 2. The summed E-state index contributed by atoms with van der Waals surface area (Å²) in [5.74, 6) is -0.610. The summed E-state index contributed by atoms with van der Waals surface area (Å²) in [7, 11) is 1.83. The Bertz CT molecular complexity index is 1020. The van der Waals surface area contributed by atoms with Gasteiger partial charge < -0.3 is 15.2 Å². The van der Waals surface area contributed by atoms with Gasteiger partial charge in [-0.25, -0.2) is 0 Å². The molecule has 1 unspecified atom stereocenters. The van der Waals surface area contributed by atoms with Gasteiger partial charge in [-0.1, -0.05) is 48.5 Å². The third-order valence-electron chi connectivity index (χ3n) is 4.62. The summed E-state index contributed by atoms with van der Waals surface area (Å²) in [6.07, 6.45) is 0.593. The molecule has 2 aromatic carbocycles. The highest BCUT2D eigenvalue weighted by Crippen LogP contribution is 2.18. The lowest BCUT2D eigenvalue weighted by molar-refractivity contribution is -0.122. The van der Waals surface area contributed by atoms with Gasteiger partial charge in [0.05, 0.1) is 12.5 Å². The summed E-state index contributed by atoms with van der Waals surface area (Å²) < 4.78 is 1.82. The summed E-state index contributed by atoms with van der Waals surface area (Å²) in [6.45, 7) is 0.254. The van der Waals surface area contributed by atoms with Crippen molar-refractivity contribution in [3.63, 3.8) is 0 Å². The van der Waals surface area contributed by atoms with E-state index in [9.17, 15) is 9.59 Å². The van der Waals surface area contributed by atoms with E-state index in [4.69, 9.17) is 5.26 Å². The van der Waals surface area contributed by atoms with Crippen LogP contribution < -0.4 is 10.6 Å². The summed E-state index contributed by atoms with van der Waals surface area (Å²) in [4.78, 5) is 25.5. The number of amides is 2. The first kappa shape index (κ1) is 19.2. The zero-order valence-corrected chi connectivity index (χ0v) is 15.7. The average Bonchev–Trinajstić information content (AvgIpc) is 3.05. The first-order valence-electron chi connectivity index (χ1n) is 9.14. The van der Waals surface area contributed by atoms with Gasteiger partial charge in [-0.15, -0.1) is 0 Å². The molecule has 6 nitrogen and oxygen atoms in total. The van der Waals surface area contributed by atoms with Crippen LogP contribution in [0.15, 0.2) is 60.7 Å². The van der Waals surface area contributed by atoms with E-state index in [1.165, 1.54) is 0 Å². The molecule has 6 heteroatoms. The van der Waals surface area contributed by atoms with Crippen molar-refractivity contribution in [3.8, 4) is 6.07 Å². The van der Waals surface area contributed by atoms with Gasteiger partial charge in [0.1, 0.15) is 11.7 Å². The molecular formula is C22H22N4O2. The van der Waals surface area contributed by atoms with Crippen LogP contribution in [-0.4, -0.2) is 29.0 Å².